The van der Waals surface area contributed by atoms with Crippen LogP contribution < -0.4 is 10.6 Å². The van der Waals surface area contributed by atoms with Gasteiger partial charge in [0.2, 0.25) is 0 Å². The second-order valence-corrected chi connectivity index (χ2v) is 3.83. The van der Waals surface area contributed by atoms with Crippen molar-refractivity contribution in [1.29, 1.82) is 0 Å². The Balaban J connectivity index is 1.91. The molecule has 0 amide bonds. The van der Waals surface area contributed by atoms with Gasteiger partial charge in [0.1, 0.15) is 0 Å². The van der Waals surface area contributed by atoms with E-state index in [1.807, 2.05) is 6.08 Å². The van der Waals surface area contributed by atoms with Crippen LogP contribution in [-0.2, 0) is 0 Å². The molecule has 1 aliphatic carbocycles. The summed E-state index contributed by atoms with van der Waals surface area (Å²) in [6.07, 6.45) is 5.97. The van der Waals surface area contributed by atoms with Crippen molar-refractivity contribution in [2.45, 2.75) is 31.7 Å². The molecule has 1 aliphatic rings. The van der Waals surface area contributed by atoms with Gasteiger partial charge in [-0.1, -0.05) is 6.08 Å². The molecule has 0 aromatic carbocycles. The molecule has 0 aromatic rings. The summed E-state index contributed by atoms with van der Waals surface area (Å²) in [7, 11) is 0. The molecule has 0 unspecified atom stereocenters. The van der Waals surface area contributed by atoms with Crippen LogP contribution in [0.15, 0.2) is 12.7 Å². The van der Waals surface area contributed by atoms with E-state index in [1.165, 1.54) is 19.3 Å². The zero-order valence-electron chi connectivity index (χ0n) is 8.03. The molecule has 1 fully saturated rings. The van der Waals surface area contributed by atoms with E-state index in [0.717, 1.165) is 19.6 Å². The predicted octanol–water partition coefficient (Wildman–Crippen LogP) is 1.29. The lowest BCUT2D eigenvalue weighted by molar-refractivity contribution is 0.210. The molecule has 0 aromatic heterocycles. The largest absolute Gasteiger partial charge is 0.312 e. The second-order valence-electron chi connectivity index (χ2n) is 3.83. The zero-order chi connectivity index (χ0) is 8.86. The highest BCUT2D eigenvalue weighted by molar-refractivity contribution is 4.91. The molecule has 2 N–H and O–H groups in total. The minimum Gasteiger partial charge on any atom is -0.312 e. The number of nitrogens with one attached hydrogen (secondary N) is 2. The molecule has 1 rings (SSSR count). The average molecular weight is 168 g/mol. The fraction of sp³-hybridized carbons (Fsp3) is 0.800. The van der Waals surface area contributed by atoms with Crippen LogP contribution in [0.4, 0.5) is 0 Å². The molecule has 1 saturated carbocycles. The quantitative estimate of drug-likeness (QED) is 0.461. The van der Waals surface area contributed by atoms with Gasteiger partial charge in [-0.15, -0.1) is 6.58 Å². The molecule has 0 aliphatic heterocycles. The van der Waals surface area contributed by atoms with Crippen LogP contribution in [0.2, 0.25) is 0 Å². The van der Waals surface area contributed by atoms with Crippen molar-refractivity contribution in [3.8, 4) is 0 Å². The molecule has 2 nitrogen and oxygen atoms in total. The Morgan fingerprint density at radius 2 is 2.17 bits per heavy atom. The zero-order valence-corrected chi connectivity index (χ0v) is 8.03. The summed E-state index contributed by atoms with van der Waals surface area (Å²) in [5.41, 5.74) is 0.454. The van der Waals surface area contributed by atoms with Crippen molar-refractivity contribution >= 4 is 0 Å². The average Bonchev–Trinajstić information content (AvgIpc) is 2.01. The number of hydrogen-bond acceptors (Lipinski definition) is 2. The second kappa shape index (κ2) is 4.63. The first-order chi connectivity index (χ1) is 5.77. The first-order valence-electron chi connectivity index (χ1n) is 4.83. The molecule has 0 atom stereocenters. The monoisotopic (exact) mass is 168 g/mol. The maximum atomic E-state index is 3.65. The van der Waals surface area contributed by atoms with Crippen LogP contribution in [0.1, 0.15) is 26.2 Å². The fourth-order valence-corrected chi connectivity index (χ4v) is 1.54. The number of hydrogen-bond donors (Lipinski definition) is 2. The minimum absolute atomic E-state index is 0.454. The highest BCUT2D eigenvalue weighted by Crippen LogP contribution is 2.30. The Labute approximate surface area is 75.4 Å². The predicted molar refractivity (Wildman–Crippen MR) is 53.3 cm³/mol. The SMILES string of the molecule is C=CCNCCNC1(C)CCC1. The summed E-state index contributed by atoms with van der Waals surface area (Å²) in [6.45, 7) is 8.99. The van der Waals surface area contributed by atoms with Crippen LogP contribution in [-0.4, -0.2) is 25.2 Å². The lowest BCUT2D eigenvalue weighted by Gasteiger charge is -2.39. The van der Waals surface area contributed by atoms with Gasteiger partial charge in [-0.05, 0) is 26.2 Å². The Morgan fingerprint density at radius 1 is 1.42 bits per heavy atom. The van der Waals surface area contributed by atoms with Crippen LogP contribution in [0.5, 0.6) is 0 Å². The normalized spacial score (nSPS) is 20.1. The van der Waals surface area contributed by atoms with Crippen molar-refractivity contribution in [3.05, 3.63) is 12.7 Å². The summed E-state index contributed by atoms with van der Waals surface area (Å²) in [4.78, 5) is 0. The van der Waals surface area contributed by atoms with Gasteiger partial charge < -0.3 is 10.6 Å². The molecule has 0 heterocycles. The highest BCUT2D eigenvalue weighted by atomic mass is 15.0. The van der Waals surface area contributed by atoms with E-state index >= 15 is 0 Å². The summed E-state index contributed by atoms with van der Waals surface area (Å²) in [5.74, 6) is 0. The van der Waals surface area contributed by atoms with Gasteiger partial charge in [0, 0.05) is 25.2 Å². The van der Waals surface area contributed by atoms with Crippen LogP contribution >= 0.6 is 0 Å². The van der Waals surface area contributed by atoms with Gasteiger partial charge in [-0.2, -0.15) is 0 Å². The molecule has 70 valence electrons. The molecule has 12 heavy (non-hydrogen) atoms. The summed E-state index contributed by atoms with van der Waals surface area (Å²) in [5, 5.41) is 6.83. The molecule has 0 bridgehead atoms. The van der Waals surface area contributed by atoms with E-state index < -0.39 is 0 Å². The Hall–Kier alpha value is -0.340. The fourth-order valence-electron chi connectivity index (χ4n) is 1.54. The van der Waals surface area contributed by atoms with E-state index in [9.17, 15) is 0 Å². The van der Waals surface area contributed by atoms with E-state index in [4.69, 9.17) is 0 Å². The molecule has 0 spiro atoms. The van der Waals surface area contributed by atoms with E-state index in [2.05, 4.69) is 24.1 Å². The Kier molecular flexibility index (Phi) is 3.76. The number of rotatable bonds is 6. The van der Waals surface area contributed by atoms with Crippen molar-refractivity contribution in [2.24, 2.45) is 0 Å². The third-order valence-corrected chi connectivity index (χ3v) is 2.60. The van der Waals surface area contributed by atoms with Gasteiger partial charge in [0.15, 0.2) is 0 Å². The first-order valence-corrected chi connectivity index (χ1v) is 4.83. The lowest BCUT2D eigenvalue weighted by Crippen LogP contribution is -2.50. The van der Waals surface area contributed by atoms with Crippen LogP contribution in [0.3, 0.4) is 0 Å². The standard InChI is InChI=1S/C10H20N2/c1-3-7-11-8-9-12-10(2)5-4-6-10/h3,11-12H,1,4-9H2,2H3. The molecule has 0 radical (unpaired) electrons. The summed E-state index contributed by atoms with van der Waals surface area (Å²) < 4.78 is 0. The van der Waals surface area contributed by atoms with Crippen molar-refractivity contribution < 1.29 is 0 Å². The molecular weight excluding hydrogens is 148 g/mol. The third kappa shape index (κ3) is 2.95. The summed E-state index contributed by atoms with van der Waals surface area (Å²) in [6, 6.07) is 0. The van der Waals surface area contributed by atoms with E-state index in [1.54, 1.807) is 0 Å². The Morgan fingerprint density at radius 3 is 2.67 bits per heavy atom. The van der Waals surface area contributed by atoms with Gasteiger partial charge >= 0.3 is 0 Å². The van der Waals surface area contributed by atoms with Crippen molar-refractivity contribution in [2.75, 3.05) is 19.6 Å². The first kappa shape index (κ1) is 9.75. The minimum atomic E-state index is 0.454. The molecular formula is C10H20N2. The Bertz CT molecular complexity index is 139. The molecule has 2 heteroatoms. The maximum absolute atomic E-state index is 3.65. The third-order valence-electron chi connectivity index (χ3n) is 2.60. The molecule has 0 saturated heterocycles. The van der Waals surface area contributed by atoms with Crippen molar-refractivity contribution in [3.63, 3.8) is 0 Å². The maximum Gasteiger partial charge on any atom is 0.0153 e. The van der Waals surface area contributed by atoms with Crippen LogP contribution in [0.25, 0.3) is 0 Å². The van der Waals surface area contributed by atoms with E-state index in [-0.39, 0.29) is 0 Å². The smallest absolute Gasteiger partial charge is 0.0153 e. The van der Waals surface area contributed by atoms with Gasteiger partial charge in [0.25, 0.3) is 0 Å². The summed E-state index contributed by atoms with van der Waals surface area (Å²) >= 11 is 0. The van der Waals surface area contributed by atoms with E-state index in [0.29, 0.717) is 5.54 Å². The van der Waals surface area contributed by atoms with Crippen molar-refractivity contribution in [1.82, 2.24) is 10.6 Å². The van der Waals surface area contributed by atoms with Gasteiger partial charge in [-0.25, -0.2) is 0 Å². The van der Waals surface area contributed by atoms with Gasteiger partial charge in [-0.3, -0.25) is 0 Å². The lowest BCUT2D eigenvalue weighted by atomic mass is 9.78. The topological polar surface area (TPSA) is 24.1 Å². The highest BCUT2D eigenvalue weighted by Gasteiger charge is 2.30. The van der Waals surface area contributed by atoms with Gasteiger partial charge in [0.05, 0.1) is 0 Å². The van der Waals surface area contributed by atoms with Crippen LogP contribution in [0, 0.1) is 0 Å².